The van der Waals surface area contributed by atoms with E-state index in [0.717, 1.165) is 42.8 Å². The van der Waals surface area contributed by atoms with Gasteiger partial charge < -0.3 is 30.1 Å². The minimum absolute atomic E-state index is 0.0186. The van der Waals surface area contributed by atoms with Crippen LogP contribution in [0.4, 0.5) is 4.79 Å². The number of phenolic OH excluding ortho intramolecular Hbond substituents is 1. The Morgan fingerprint density at radius 2 is 1.45 bits per heavy atom. The number of H-pyrrole nitrogens is 1. The van der Waals surface area contributed by atoms with Gasteiger partial charge in [-0.3, -0.25) is 9.36 Å². The van der Waals surface area contributed by atoms with Crippen LogP contribution in [0.3, 0.4) is 0 Å². The molecule has 6 rings (SSSR count). The second-order valence-corrected chi connectivity index (χ2v) is 14.8. The fourth-order valence-corrected chi connectivity index (χ4v) is 8.62. The maximum Gasteiger partial charge on any atom is 0.326 e. The molecule has 0 unspecified atom stereocenters. The van der Waals surface area contributed by atoms with Gasteiger partial charge in [0.1, 0.15) is 11.8 Å². The summed E-state index contributed by atoms with van der Waals surface area (Å²) >= 11 is 6.81. The van der Waals surface area contributed by atoms with E-state index < -0.39 is 6.04 Å². The van der Waals surface area contributed by atoms with Gasteiger partial charge in [-0.15, -0.1) is 0 Å². The molecule has 12 heteroatoms. The molecule has 47 heavy (non-hydrogen) atoms. The molecule has 3 aliphatic rings. The van der Waals surface area contributed by atoms with Gasteiger partial charge in [-0.1, -0.05) is 43.2 Å². The van der Waals surface area contributed by atoms with Crippen LogP contribution in [-0.2, 0) is 11.2 Å². The molecule has 3 saturated heterocycles. The molecule has 252 valence electrons. The topological polar surface area (TPSA) is 114 Å². The molecule has 3 amide bonds. The lowest BCUT2D eigenvalue weighted by Crippen LogP contribution is -2.56. The molecule has 1 atom stereocenters. The Morgan fingerprint density at radius 3 is 2.09 bits per heavy atom. The number of aromatic nitrogens is 2. The van der Waals surface area contributed by atoms with Crippen molar-refractivity contribution in [1.29, 1.82) is 0 Å². The van der Waals surface area contributed by atoms with Gasteiger partial charge in [0.05, 0.1) is 14.6 Å². The highest BCUT2D eigenvalue weighted by Crippen LogP contribution is 2.34. The van der Waals surface area contributed by atoms with E-state index >= 15 is 0 Å². The molecular weight excluding hydrogens is 728 g/mol. The van der Waals surface area contributed by atoms with Gasteiger partial charge in [0.15, 0.2) is 0 Å². The van der Waals surface area contributed by atoms with Gasteiger partial charge in [0.25, 0.3) is 0 Å². The average Bonchev–Trinajstić information content (AvgIpc) is 3.28. The molecule has 10 nitrogen and oxygen atoms in total. The molecule has 0 bridgehead atoms. The minimum atomic E-state index is -0.751. The van der Waals surface area contributed by atoms with E-state index in [-0.39, 0.29) is 29.4 Å². The number of urea groups is 1. The van der Waals surface area contributed by atoms with E-state index in [1.165, 1.54) is 25.7 Å². The molecule has 2 aromatic carbocycles. The van der Waals surface area contributed by atoms with Crippen LogP contribution in [0, 0.1) is 0 Å². The van der Waals surface area contributed by atoms with Crippen LogP contribution in [0.15, 0.2) is 62.4 Å². The fourth-order valence-electron chi connectivity index (χ4n) is 7.34. The van der Waals surface area contributed by atoms with Gasteiger partial charge in [-0.05, 0) is 107 Å². The number of phenols is 1. The molecule has 0 radical (unpaired) electrons. The summed E-state index contributed by atoms with van der Waals surface area (Å²) in [7, 11) is 0. The number of likely N-dealkylation sites (tertiary alicyclic amines) is 3. The second kappa shape index (κ2) is 15.4. The van der Waals surface area contributed by atoms with Crippen molar-refractivity contribution in [2.45, 2.75) is 75.9 Å². The van der Waals surface area contributed by atoms with Crippen molar-refractivity contribution in [1.82, 2.24) is 29.6 Å². The number of aromatic hydroxyl groups is 1. The number of amides is 3. The summed E-state index contributed by atoms with van der Waals surface area (Å²) in [6.07, 6.45) is 10.4. The van der Waals surface area contributed by atoms with Crippen LogP contribution in [0.5, 0.6) is 5.75 Å². The number of nitrogens with zero attached hydrogens (tertiary/aromatic N) is 4. The fraction of sp³-hybridized carbons (Fsp3) is 0.514. The summed E-state index contributed by atoms with van der Waals surface area (Å²) in [4.78, 5) is 49.8. The number of nitrogens with one attached hydrogen (secondary N) is 2. The summed E-state index contributed by atoms with van der Waals surface area (Å²) in [6, 6.07) is 12.8. The summed E-state index contributed by atoms with van der Waals surface area (Å²) < 4.78 is 2.80. The van der Waals surface area contributed by atoms with Crippen molar-refractivity contribution < 1.29 is 14.7 Å². The number of carbonyl (C=O) groups is 2. The molecule has 4 heterocycles. The Bertz CT molecular complexity index is 1560. The van der Waals surface area contributed by atoms with Crippen LogP contribution in [-0.4, -0.2) is 92.6 Å². The van der Waals surface area contributed by atoms with Crippen molar-refractivity contribution in [3.8, 4) is 17.0 Å². The van der Waals surface area contributed by atoms with Gasteiger partial charge in [0, 0.05) is 50.9 Å². The number of carbonyl (C=O) groups excluding carboxylic acids is 2. The third-order valence-electron chi connectivity index (χ3n) is 10.0. The largest absolute Gasteiger partial charge is 0.506 e. The number of imidazole rings is 1. The average molecular weight is 773 g/mol. The highest BCUT2D eigenvalue weighted by Gasteiger charge is 2.34. The molecule has 3 aliphatic heterocycles. The van der Waals surface area contributed by atoms with Gasteiger partial charge >= 0.3 is 11.7 Å². The smallest absolute Gasteiger partial charge is 0.326 e. The normalized spacial score (nSPS) is 19.4. The molecule has 0 spiro atoms. The summed E-state index contributed by atoms with van der Waals surface area (Å²) in [6.45, 7) is 4.60. The first-order valence-electron chi connectivity index (χ1n) is 16.9. The van der Waals surface area contributed by atoms with Gasteiger partial charge in [-0.25, -0.2) is 9.59 Å². The minimum Gasteiger partial charge on any atom is -0.506 e. The Balaban J connectivity index is 1.11. The standard InChI is InChI=1S/C35H44Br2N6O4/c36-28-20-24(21-29(37)32(28)44)22-30(33(45)41-16-10-26(11-17-41)40-14-6-1-2-7-15-40)38-34(46)42-18-12-27(13-19-42)43-23-31(39-35(43)47)25-8-4-3-5-9-25/h3-5,8-9,20-21,23,26-27,30,44H,1-2,6-7,10-19,22H2,(H,38,46)(H,39,47)/t30-/m1/s1. The van der Waals surface area contributed by atoms with Gasteiger partial charge in [-0.2, -0.15) is 0 Å². The third kappa shape index (κ3) is 8.14. The molecule has 3 N–H and O–H groups in total. The molecule has 0 aliphatic carbocycles. The number of piperidine rings is 2. The van der Waals surface area contributed by atoms with E-state index in [9.17, 15) is 19.5 Å². The van der Waals surface area contributed by atoms with Crippen LogP contribution in [0.2, 0.25) is 0 Å². The van der Waals surface area contributed by atoms with Crippen LogP contribution in [0.1, 0.15) is 63.0 Å². The first-order chi connectivity index (χ1) is 22.8. The lowest BCUT2D eigenvalue weighted by atomic mass is 9.99. The number of hydrogen-bond acceptors (Lipinski definition) is 5. The quantitative estimate of drug-likeness (QED) is 0.277. The number of aromatic amines is 1. The zero-order chi connectivity index (χ0) is 32.9. The lowest BCUT2D eigenvalue weighted by Gasteiger charge is -2.39. The summed E-state index contributed by atoms with van der Waals surface area (Å²) in [5, 5.41) is 13.3. The second-order valence-electron chi connectivity index (χ2n) is 13.1. The predicted molar refractivity (Wildman–Crippen MR) is 190 cm³/mol. The zero-order valence-corrected chi connectivity index (χ0v) is 29.8. The molecule has 3 fully saturated rings. The zero-order valence-electron chi connectivity index (χ0n) is 26.7. The molecule has 1 aromatic heterocycles. The first kappa shape index (κ1) is 33.8. The van der Waals surface area contributed by atoms with Gasteiger partial charge in [0.2, 0.25) is 5.91 Å². The highest BCUT2D eigenvalue weighted by atomic mass is 79.9. The number of hydrogen-bond donors (Lipinski definition) is 3. The summed E-state index contributed by atoms with van der Waals surface area (Å²) in [5.74, 6) is 0.0201. The Labute approximate surface area is 292 Å². The van der Waals surface area contributed by atoms with Crippen molar-refractivity contribution in [3.63, 3.8) is 0 Å². The Morgan fingerprint density at radius 1 is 0.851 bits per heavy atom. The SMILES string of the molecule is O=C(N[C@H](Cc1cc(Br)c(O)c(Br)c1)C(=O)N1CCC(N2CCCCCC2)CC1)N1CCC(n2cc(-c3ccccc3)[nH]c2=O)CC1. The number of rotatable bonds is 7. The van der Waals surface area contributed by atoms with E-state index in [1.54, 1.807) is 21.6 Å². The third-order valence-corrected chi connectivity index (χ3v) is 11.2. The first-order valence-corrected chi connectivity index (χ1v) is 18.5. The maximum atomic E-state index is 14.1. The highest BCUT2D eigenvalue weighted by molar-refractivity contribution is 9.11. The van der Waals surface area contributed by atoms with Crippen LogP contribution in [0.25, 0.3) is 11.3 Å². The van der Waals surface area contributed by atoms with E-state index in [2.05, 4.69) is 47.1 Å². The van der Waals surface area contributed by atoms with Crippen molar-refractivity contribution in [2.24, 2.45) is 0 Å². The molecule has 0 saturated carbocycles. The van der Waals surface area contributed by atoms with E-state index in [1.807, 2.05) is 41.4 Å². The van der Waals surface area contributed by atoms with Crippen molar-refractivity contribution in [3.05, 3.63) is 73.7 Å². The van der Waals surface area contributed by atoms with Crippen molar-refractivity contribution in [2.75, 3.05) is 39.3 Å². The Kier molecular flexibility index (Phi) is 11.1. The van der Waals surface area contributed by atoms with Crippen LogP contribution >= 0.6 is 31.9 Å². The Hall–Kier alpha value is -3.09. The number of benzene rings is 2. The monoisotopic (exact) mass is 770 g/mol. The van der Waals surface area contributed by atoms with Crippen LogP contribution < -0.4 is 11.0 Å². The van der Waals surface area contributed by atoms with E-state index in [4.69, 9.17) is 0 Å². The maximum absolute atomic E-state index is 14.1. The van der Waals surface area contributed by atoms with E-state index in [0.29, 0.717) is 60.4 Å². The molecule has 3 aromatic rings. The van der Waals surface area contributed by atoms with Crippen molar-refractivity contribution >= 4 is 43.8 Å². The predicted octanol–water partition coefficient (Wildman–Crippen LogP) is 5.90. The lowest BCUT2D eigenvalue weighted by molar-refractivity contribution is -0.134. The number of halogens is 2. The molecular formula is C35H44Br2N6O4. The summed E-state index contributed by atoms with van der Waals surface area (Å²) in [5.41, 5.74) is 2.40.